The van der Waals surface area contributed by atoms with Gasteiger partial charge in [-0.3, -0.25) is 0 Å². The van der Waals surface area contributed by atoms with Crippen molar-refractivity contribution in [3.8, 4) is 0 Å². The Morgan fingerprint density at radius 2 is 2.25 bits per heavy atom. The summed E-state index contributed by atoms with van der Waals surface area (Å²) in [6, 6.07) is 2.49. The molecule has 1 N–H and O–H groups in total. The molecular formula is C9H15N3. The quantitative estimate of drug-likeness (QED) is 0.724. The number of nitrogens with zero attached hydrogens (tertiary/aromatic N) is 2. The molecule has 0 aromatic carbocycles. The smallest absolute Gasteiger partial charge is 0.115 e. The average Bonchev–Trinajstić information content (AvgIpc) is 2.04. The van der Waals surface area contributed by atoms with E-state index < -0.39 is 0 Å². The lowest BCUT2D eigenvalue weighted by atomic mass is 10.1. The summed E-state index contributed by atoms with van der Waals surface area (Å²) in [4.78, 5) is 8.22. The van der Waals surface area contributed by atoms with Gasteiger partial charge in [-0.2, -0.15) is 0 Å². The Kier molecular flexibility index (Phi) is 3.17. The molecule has 0 saturated heterocycles. The number of aryl methyl sites for hydroxylation is 1. The van der Waals surface area contributed by atoms with Crippen LogP contribution in [0.15, 0.2) is 12.4 Å². The molecule has 1 atom stereocenters. The lowest BCUT2D eigenvalue weighted by molar-refractivity contribution is 0.599. The number of hydrogen-bond donors (Lipinski definition) is 1. The molecule has 0 amide bonds. The summed E-state index contributed by atoms with van der Waals surface area (Å²) in [5.74, 6) is 0. The van der Waals surface area contributed by atoms with Crippen LogP contribution in [0.25, 0.3) is 0 Å². The van der Waals surface area contributed by atoms with Gasteiger partial charge in [0, 0.05) is 23.9 Å². The Balaban J connectivity index is 2.63. The fraction of sp³-hybridized carbons (Fsp3) is 0.556. The van der Waals surface area contributed by atoms with E-state index in [1.807, 2.05) is 20.0 Å². The first kappa shape index (κ1) is 9.13. The van der Waals surface area contributed by atoms with Crippen LogP contribution in [-0.2, 0) is 6.42 Å². The maximum Gasteiger partial charge on any atom is 0.115 e. The molecule has 1 heterocycles. The van der Waals surface area contributed by atoms with E-state index in [0.29, 0.717) is 6.04 Å². The third-order valence-corrected chi connectivity index (χ3v) is 1.87. The maximum atomic E-state index is 4.18. The fourth-order valence-electron chi connectivity index (χ4n) is 1.04. The molecule has 0 aliphatic carbocycles. The number of hydrogen-bond acceptors (Lipinski definition) is 3. The monoisotopic (exact) mass is 165 g/mol. The molecular weight excluding hydrogens is 150 g/mol. The summed E-state index contributed by atoms with van der Waals surface area (Å²) in [7, 11) is 1.96. The van der Waals surface area contributed by atoms with E-state index in [2.05, 4.69) is 22.2 Å². The van der Waals surface area contributed by atoms with Crippen LogP contribution in [0.5, 0.6) is 0 Å². The van der Waals surface area contributed by atoms with Crippen molar-refractivity contribution in [3.05, 3.63) is 23.8 Å². The predicted octanol–water partition coefficient (Wildman–Crippen LogP) is 0.935. The van der Waals surface area contributed by atoms with Crippen LogP contribution in [0.2, 0.25) is 0 Å². The van der Waals surface area contributed by atoms with Crippen LogP contribution >= 0.6 is 0 Å². The van der Waals surface area contributed by atoms with Crippen molar-refractivity contribution in [2.24, 2.45) is 0 Å². The summed E-state index contributed by atoms with van der Waals surface area (Å²) < 4.78 is 0. The Morgan fingerprint density at radius 3 is 2.83 bits per heavy atom. The van der Waals surface area contributed by atoms with E-state index in [1.54, 1.807) is 6.33 Å². The molecule has 12 heavy (non-hydrogen) atoms. The van der Waals surface area contributed by atoms with Gasteiger partial charge < -0.3 is 5.32 Å². The standard InChI is InChI=1S/C9H15N3/c1-7(10-3)4-9-5-8(2)11-6-12-9/h5-7,10H,4H2,1-3H3. The summed E-state index contributed by atoms with van der Waals surface area (Å²) in [6.45, 7) is 4.12. The molecule has 0 saturated carbocycles. The highest BCUT2D eigenvalue weighted by Gasteiger charge is 2.01. The normalized spacial score (nSPS) is 12.9. The molecule has 1 unspecified atom stereocenters. The molecule has 0 aliphatic rings. The highest BCUT2D eigenvalue weighted by Crippen LogP contribution is 1.99. The van der Waals surface area contributed by atoms with Crippen LogP contribution in [-0.4, -0.2) is 23.1 Å². The van der Waals surface area contributed by atoms with Crippen molar-refractivity contribution in [1.29, 1.82) is 0 Å². The van der Waals surface area contributed by atoms with Crippen LogP contribution < -0.4 is 5.32 Å². The number of likely N-dealkylation sites (N-methyl/N-ethyl adjacent to an activating group) is 1. The minimum Gasteiger partial charge on any atom is -0.317 e. The SMILES string of the molecule is CNC(C)Cc1cc(C)ncn1. The molecule has 1 aromatic heterocycles. The molecule has 0 fully saturated rings. The van der Waals surface area contributed by atoms with Crippen molar-refractivity contribution >= 4 is 0 Å². The highest BCUT2D eigenvalue weighted by atomic mass is 14.9. The Morgan fingerprint density at radius 1 is 1.50 bits per heavy atom. The maximum absolute atomic E-state index is 4.18. The topological polar surface area (TPSA) is 37.8 Å². The van der Waals surface area contributed by atoms with Crippen LogP contribution in [0.3, 0.4) is 0 Å². The Bertz CT molecular complexity index is 247. The zero-order valence-corrected chi connectivity index (χ0v) is 7.83. The Labute approximate surface area is 73.2 Å². The predicted molar refractivity (Wildman–Crippen MR) is 49.0 cm³/mol. The number of aromatic nitrogens is 2. The van der Waals surface area contributed by atoms with E-state index in [4.69, 9.17) is 0 Å². The molecule has 1 rings (SSSR count). The molecule has 1 aromatic rings. The van der Waals surface area contributed by atoms with Crippen LogP contribution in [0.1, 0.15) is 18.3 Å². The molecule has 0 spiro atoms. The summed E-state index contributed by atoms with van der Waals surface area (Å²) in [5.41, 5.74) is 2.13. The third-order valence-electron chi connectivity index (χ3n) is 1.87. The second-order valence-electron chi connectivity index (χ2n) is 3.04. The molecule has 3 heteroatoms. The van der Waals surface area contributed by atoms with Gasteiger partial charge in [0.25, 0.3) is 0 Å². The van der Waals surface area contributed by atoms with Crippen molar-refractivity contribution in [1.82, 2.24) is 15.3 Å². The Hall–Kier alpha value is -0.960. The average molecular weight is 165 g/mol. The minimum absolute atomic E-state index is 0.472. The fourth-order valence-corrected chi connectivity index (χ4v) is 1.04. The van der Waals surface area contributed by atoms with Crippen molar-refractivity contribution < 1.29 is 0 Å². The molecule has 0 aliphatic heterocycles. The zero-order valence-electron chi connectivity index (χ0n) is 7.83. The van der Waals surface area contributed by atoms with Gasteiger partial charge in [-0.1, -0.05) is 0 Å². The van der Waals surface area contributed by atoms with Gasteiger partial charge in [0.1, 0.15) is 6.33 Å². The minimum atomic E-state index is 0.472. The molecule has 0 bridgehead atoms. The van der Waals surface area contributed by atoms with E-state index in [0.717, 1.165) is 17.8 Å². The van der Waals surface area contributed by atoms with Gasteiger partial charge in [-0.05, 0) is 27.0 Å². The van der Waals surface area contributed by atoms with Crippen LogP contribution in [0, 0.1) is 6.92 Å². The van der Waals surface area contributed by atoms with E-state index >= 15 is 0 Å². The van der Waals surface area contributed by atoms with Gasteiger partial charge >= 0.3 is 0 Å². The van der Waals surface area contributed by atoms with Gasteiger partial charge in [-0.25, -0.2) is 9.97 Å². The second-order valence-corrected chi connectivity index (χ2v) is 3.04. The summed E-state index contributed by atoms with van der Waals surface area (Å²) in [5, 5.41) is 3.17. The second kappa shape index (κ2) is 4.16. The molecule has 3 nitrogen and oxygen atoms in total. The highest BCUT2D eigenvalue weighted by molar-refractivity contribution is 5.07. The summed E-state index contributed by atoms with van der Waals surface area (Å²) in [6.07, 6.45) is 2.58. The summed E-state index contributed by atoms with van der Waals surface area (Å²) >= 11 is 0. The van der Waals surface area contributed by atoms with Gasteiger partial charge in [0.2, 0.25) is 0 Å². The number of rotatable bonds is 3. The first-order chi connectivity index (χ1) is 5.72. The van der Waals surface area contributed by atoms with E-state index in [9.17, 15) is 0 Å². The zero-order chi connectivity index (χ0) is 8.97. The van der Waals surface area contributed by atoms with Crippen LogP contribution in [0.4, 0.5) is 0 Å². The van der Waals surface area contributed by atoms with Crippen molar-refractivity contribution in [2.45, 2.75) is 26.3 Å². The lowest BCUT2D eigenvalue weighted by Crippen LogP contribution is -2.24. The third kappa shape index (κ3) is 2.58. The van der Waals surface area contributed by atoms with Gasteiger partial charge in [-0.15, -0.1) is 0 Å². The largest absolute Gasteiger partial charge is 0.317 e. The number of nitrogens with one attached hydrogen (secondary N) is 1. The molecule has 0 radical (unpaired) electrons. The van der Waals surface area contributed by atoms with Gasteiger partial charge in [0.15, 0.2) is 0 Å². The van der Waals surface area contributed by atoms with E-state index in [1.165, 1.54) is 0 Å². The van der Waals surface area contributed by atoms with Gasteiger partial charge in [0.05, 0.1) is 0 Å². The first-order valence-corrected chi connectivity index (χ1v) is 4.17. The lowest BCUT2D eigenvalue weighted by Gasteiger charge is -2.08. The first-order valence-electron chi connectivity index (χ1n) is 4.17. The van der Waals surface area contributed by atoms with Crippen molar-refractivity contribution in [3.63, 3.8) is 0 Å². The molecule has 66 valence electrons. The van der Waals surface area contributed by atoms with E-state index in [-0.39, 0.29) is 0 Å². The van der Waals surface area contributed by atoms with Crippen molar-refractivity contribution in [2.75, 3.05) is 7.05 Å².